The molecule has 2 rings (SSSR count). The van der Waals surface area contributed by atoms with Crippen molar-refractivity contribution in [1.29, 1.82) is 0 Å². The van der Waals surface area contributed by atoms with Gasteiger partial charge in [-0.3, -0.25) is 0 Å². The fourth-order valence-corrected chi connectivity index (χ4v) is 4.12. The summed E-state index contributed by atoms with van der Waals surface area (Å²) in [4.78, 5) is 0. The lowest BCUT2D eigenvalue weighted by atomic mass is 10.1. The van der Waals surface area contributed by atoms with Crippen LogP contribution in [0.25, 0.3) is 10.8 Å². The Morgan fingerprint density at radius 2 is 1.57 bits per heavy atom. The van der Waals surface area contributed by atoms with Crippen LogP contribution in [0.2, 0.25) is 6.04 Å². The van der Waals surface area contributed by atoms with E-state index in [1.807, 2.05) is 0 Å². The van der Waals surface area contributed by atoms with E-state index in [2.05, 4.69) is 47.8 Å². The van der Waals surface area contributed by atoms with Gasteiger partial charge in [-0.15, -0.1) is 0 Å². The maximum absolute atomic E-state index is 5.41. The maximum atomic E-state index is 5.41. The van der Waals surface area contributed by atoms with Crippen LogP contribution in [0.15, 0.2) is 42.5 Å². The molecule has 0 fully saturated rings. The van der Waals surface area contributed by atoms with Crippen molar-refractivity contribution in [2.24, 2.45) is 0 Å². The molecule has 5 heteroatoms. The van der Waals surface area contributed by atoms with Gasteiger partial charge in [0.1, 0.15) is 0 Å². The van der Waals surface area contributed by atoms with Gasteiger partial charge in [-0.05, 0) is 29.3 Å². The van der Waals surface area contributed by atoms with Gasteiger partial charge < -0.3 is 18.6 Å². The first kappa shape index (κ1) is 16.0. The van der Waals surface area contributed by atoms with Crippen LogP contribution in [-0.2, 0) is 13.3 Å². The van der Waals surface area contributed by atoms with E-state index in [9.17, 15) is 0 Å². The molecule has 0 atom stereocenters. The Morgan fingerprint density at radius 3 is 2.24 bits per heavy atom. The standard InChI is InChI=1S/C16H23NO3Si/c1-18-21(19-2,20-3)12-6-11-17-16-10-9-14-7-4-5-8-15(14)13-16/h4-5,7-10,13,17H,6,11-12H2,1-3H3. The molecule has 2 aromatic rings. The molecule has 0 aliphatic carbocycles. The van der Waals surface area contributed by atoms with E-state index >= 15 is 0 Å². The number of hydrogen-bond acceptors (Lipinski definition) is 4. The Hall–Kier alpha value is -1.40. The first-order valence-corrected chi connectivity index (χ1v) is 9.04. The monoisotopic (exact) mass is 305 g/mol. The quantitative estimate of drug-likeness (QED) is 0.598. The highest BCUT2D eigenvalue weighted by Crippen LogP contribution is 2.19. The minimum Gasteiger partial charge on any atom is -0.385 e. The van der Waals surface area contributed by atoms with Crippen molar-refractivity contribution in [3.8, 4) is 0 Å². The first-order valence-electron chi connectivity index (χ1n) is 7.11. The van der Waals surface area contributed by atoms with Crippen LogP contribution in [0.1, 0.15) is 6.42 Å². The van der Waals surface area contributed by atoms with Crippen molar-refractivity contribution in [3.63, 3.8) is 0 Å². The molecule has 0 saturated carbocycles. The topological polar surface area (TPSA) is 39.7 Å². The molecule has 4 nitrogen and oxygen atoms in total. The minimum atomic E-state index is -2.44. The molecule has 114 valence electrons. The van der Waals surface area contributed by atoms with Gasteiger partial charge >= 0.3 is 8.80 Å². The molecule has 0 bridgehead atoms. The smallest absolute Gasteiger partial charge is 0.385 e. The van der Waals surface area contributed by atoms with Crippen LogP contribution in [0.4, 0.5) is 5.69 Å². The Kier molecular flexibility index (Phi) is 5.75. The van der Waals surface area contributed by atoms with Crippen molar-refractivity contribution in [2.45, 2.75) is 12.5 Å². The number of benzene rings is 2. The molecule has 0 heterocycles. The highest BCUT2D eigenvalue weighted by atomic mass is 28.4. The van der Waals surface area contributed by atoms with Crippen LogP contribution >= 0.6 is 0 Å². The summed E-state index contributed by atoms with van der Waals surface area (Å²) >= 11 is 0. The molecule has 0 aromatic heterocycles. The third-order valence-electron chi connectivity index (χ3n) is 3.67. The van der Waals surface area contributed by atoms with E-state index in [-0.39, 0.29) is 0 Å². The van der Waals surface area contributed by atoms with Gasteiger partial charge in [-0.25, -0.2) is 0 Å². The molecular weight excluding hydrogens is 282 g/mol. The molecule has 1 N–H and O–H groups in total. The highest BCUT2D eigenvalue weighted by Gasteiger charge is 2.36. The van der Waals surface area contributed by atoms with Crippen LogP contribution < -0.4 is 5.32 Å². The van der Waals surface area contributed by atoms with E-state index in [1.54, 1.807) is 21.3 Å². The highest BCUT2D eigenvalue weighted by molar-refractivity contribution is 6.60. The summed E-state index contributed by atoms with van der Waals surface area (Å²) < 4.78 is 16.2. The minimum absolute atomic E-state index is 0.803. The SMILES string of the molecule is CO[Si](CCCNc1ccc2ccccc2c1)(OC)OC. The molecule has 0 aliphatic rings. The summed E-state index contributed by atoms with van der Waals surface area (Å²) in [6.07, 6.45) is 0.939. The lowest BCUT2D eigenvalue weighted by Crippen LogP contribution is -2.42. The fourth-order valence-electron chi connectivity index (χ4n) is 2.39. The zero-order valence-corrected chi connectivity index (χ0v) is 13.9. The number of hydrogen-bond donors (Lipinski definition) is 1. The molecule has 0 aliphatic heterocycles. The molecule has 0 unspecified atom stereocenters. The molecule has 0 saturated heterocycles. The van der Waals surface area contributed by atoms with Gasteiger partial charge in [0.2, 0.25) is 0 Å². The summed E-state index contributed by atoms with van der Waals surface area (Å²) in [5, 5.41) is 5.94. The zero-order chi connectivity index (χ0) is 15.1. The first-order chi connectivity index (χ1) is 10.2. The van der Waals surface area contributed by atoms with Gasteiger partial charge in [-0.2, -0.15) is 0 Å². The number of rotatable bonds is 8. The zero-order valence-electron chi connectivity index (χ0n) is 12.9. The van der Waals surface area contributed by atoms with E-state index < -0.39 is 8.80 Å². The van der Waals surface area contributed by atoms with Gasteiger partial charge in [-0.1, -0.05) is 30.3 Å². The molecule has 21 heavy (non-hydrogen) atoms. The predicted molar refractivity (Wildman–Crippen MR) is 88.6 cm³/mol. The average molecular weight is 305 g/mol. The third kappa shape index (κ3) is 4.04. The largest absolute Gasteiger partial charge is 0.500 e. The summed E-state index contributed by atoms with van der Waals surface area (Å²) in [6, 6.07) is 15.6. The average Bonchev–Trinajstić information content (AvgIpc) is 2.55. The lowest BCUT2D eigenvalue weighted by molar-refractivity contribution is 0.123. The summed E-state index contributed by atoms with van der Waals surface area (Å²) in [5.74, 6) is 0. The Labute approximate surface area is 127 Å². The Morgan fingerprint density at radius 1 is 0.905 bits per heavy atom. The van der Waals surface area contributed by atoms with Crippen molar-refractivity contribution in [3.05, 3.63) is 42.5 Å². The second-order valence-corrected chi connectivity index (χ2v) is 7.98. The maximum Gasteiger partial charge on any atom is 0.500 e. The van der Waals surface area contributed by atoms with E-state index in [0.717, 1.165) is 24.7 Å². The summed E-state index contributed by atoms with van der Waals surface area (Å²) in [7, 11) is 2.51. The van der Waals surface area contributed by atoms with Crippen LogP contribution in [0, 0.1) is 0 Å². The van der Waals surface area contributed by atoms with Crippen molar-refractivity contribution in [2.75, 3.05) is 33.2 Å². The predicted octanol–water partition coefficient (Wildman–Crippen LogP) is 3.52. The third-order valence-corrected chi connectivity index (χ3v) is 6.50. The number of nitrogens with one attached hydrogen (secondary N) is 1. The Bertz CT molecular complexity index is 564. The molecule has 2 aromatic carbocycles. The van der Waals surface area contributed by atoms with E-state index in [4.69, 9.17) is 13.3 Å². The van der Waals surface area contributed by atoms with Crippen molar-refractivity contribution < 1.29 is 13.3 Å². The van der Waals surface area contributed by atoms with Crippen LogP contribution in [0.3, 0.4) is 0 Å². The Balaban J connectivity index is 1.87. The molecule has 0 radical (unpaired) electrons. The normalized spacial score (nSPS) is 11.8. The van der Waals surface area contributed by atoms with E-state index in [0.29, 0.717) is 0 Å². The number of anilines is 1. The molecule has 0 amide bonds. The lowest BCUT2D eigenvalue weighted by Gasteiger charge is -2.24. The van der Waals surface area contributed by atoms with Gasteiger partial charge in [0.05, 0.1) is 0 Å². The second kappa shape index (κ2) is 7.56. The fraction of sp³-hybridized carbons (Fsp3) is 0.375. The van der Waals surface area contributed by atoms with Gasteiger partial charge in [0, 0.05) is 39.6 Å². The van der Waals surface area contributed by atoms with Crippen LogP contribution in [0.5, 0.6) is 0 Å². The van der Waals surface area contributed by atoms with Crippen molar-refractivity contribution in [1.82, 2.24) is 0 Å². The molecular formula is C16H23NO3Si. The van der Waals surface area contributed by atoms with Crippen LogP contribution in [-0.4, -0.2) is 36.7 Å². The summed E-state index contributed by atoms with van der Waals surface area (Å²) in [6.45, 7) is 0.864. The van der Waals surface area contributed by atoms with Crippen molar-refractivity contribution >= 4 is 25.3 Å². The van der Waals surface area contributed by atoms with Gasteiger partial charge in [0.25, 0.3) is 0 Å². The second-order valence-electron chi connectivity index (χ2n) is 4.89. The summed E-state index contributed by atoms with van der Waals surface area (Å²) in [5.41, 5.74) is 1.13. The molecule has 0 spiro atoms. The van der Waals surface area contributed by atoms with E-state index in [1.165, 1.54) is 10.8 Å². The van der Waals surface area contributed by atoms with Gasteiger partial charge in [0.15, 0.2) is 0 Å². The number of fused-ring (bicyclic) bond motifs is 1.